The maximum absolute atomic E-state index is 12.3. The molecule has 44 heavy (non-hydrogen) atoms. The van der Waals surface area contributed by atoms with Crippen LogP contribution in [0.2, 0.25) is 0 Å². The van der Waals surface area contributed by atoms with Crippen molar-refractivity contribution in [1.29, 1.82) is 0 Å². The molecule has 0 amide bonds. The molecular formula is C28H42O16. The molecule has 2 aliphatic heterocycles. The fourth-order valence-electron chi connectivity index (χ4n) is 4.69. The standard InChI is InChI=1S/C28H42O16/c1-7-8-9-10-11-36-27-26(41-18(6)34)24(39-16(4)32)22(20(43-27)13-37-14(2)30)44-28-25(40-17(5)33)23(38-15(3)31)21(35)19(12-29)42-28/h7,19-29,35H,1,8-13H2,2-6H3/t19-,20-,21+,22-,23+,24+,25-,26-,27-,28+/m1/s1. The number of hydrogen-bond donors (Lipinski definition) is 2. The number of carbonyl (C=O) groups is 5. The van der Waals surface area contributed by atoms with Crippen LogP contribution < -0.4 is 0 Å². The van der Waals surface area contributed by atoms with Gasteiger partial charge in [-0.2, -0.15) is 0 Å². The van der Waals surface area contributed by atoms with Crippen LogP contribution in [0.3, 0.4) is 0 Å². The number of aliphatic hydroxyl groups excluding tert-OH is 2. The second-order valence-corrected chi connectivity index (χ2v) is 10.1. The molecule has 0 spiro atoms. The number of hydrogen-bond acceptors (Lipinski definition) is 16. The Morgan fingerprint density at radius 1 is 0.705 bits per heavy atom. The van der Waals surface area contributed by atoms with Gasteiger partial charge < -0.3 is 52.8 Å². The van der Waals surface area contributed by atoms with Gasteiger partial charge in [-0.05, 0) is 19.3 Å². The van der Waals surface area contributed by atoms with Gasteiger partial charge in [0.25, 0.3) is 0 Å². The minimum Gasteiger partial charge on any atom is -0.463 e. The first kappa shape index (κ1) is 37.0. The van der Waals surface area contributed by atoms with Crippen LogP contribution >= 0.6 is 0 Å². The van der Waals surface area contributed by atoms with Crippen molar-refractivity contribution < 1.29 is 76.8 Å². The van der Waals surface area contributed by atoms with Gasteiger partial charge in [0, 0.05) is 41.2 Å². The smallest absolute Gasteiger partial charge is 0.303 e. The van der Waals surface area contributed by atoms with Gasteiger partial charge in [0.2, 0.25) is 0 Å². The third kappa shape index (κ3) is 11.1. The number of carbonyl (C=O) groups excluding carboxylic acids is 5. The fraction of sp³-hybridized carbons (Fsp3) is 0.750. The first-order valence-corrected chi connectivity index (χ1v) is 14.1. The molecule has 2 saturated heterocycles. The van der Waals surface area contributed by atoms with Crippen LogP contribution in [0.1, 0.15) is 53.9 Å². The number of ether oxygens (including phenoxy) is 9. The van der Waals surface area contributed by atoms with Crippen LogP contribution in [0.25, 0.3) is 0 Å². The van der Waals surface area contributed by atoms with Crippen LogP contribution in [-0.2, 0) is 66.6 Å². The lowest BCUT2D eigenvalue weighted by molar-refractivity contribution is -0.360. The second kappa shape index (κ2) is 18.0. The molecule has 0 radical (unpaired) electrons. The molecule has 0 saturated carbocycles. The molecule has 2 heterocycles. The van der Waals surface area contributed by atoms with E-state index >= 15 is 0 Å². The van der Waals surface area contributed by atoms with E-state index < -0.39 is 104 Å². The number of allylic oxidation sites excluding steroid dienone is 1. The van der Waals surface area contributed by atoms with Crippen molar-refractivity contribution in [1.82, 2.24) is 0 Å². The van der Waals surface area contributed by atoms with Crippen LogP contribution in [0.15, 0.2) is 12.7 Å². The zero-order chi connectivity index (χ0) is 33.0. The predicted molar refractivity (Wildman–Crippen MR) is 144 cm³/mol. The Morgan fingerprint density at radius 2 is 1.23 bits per heavy atom. The summed E-state index contributed by atoms with van der Waals surface area (Å²) in [6.07, 6.45) is -11.0. The lowest BCUT2D eigenvalue weighted by Gasteiger charge is -2.48. The van der Waals surface area contributed by atoms with E-state index in [1.165, 1.54) is 0 Å². The van der Waals surface area contributed by atoms with E-state index in [-0.39, 0.29) is 6.61 Å². The van der Waals surface area contributed by atoms with E-state index in [9.17, 15) is 34.2 Å². The minimum absolute atomic E-state index is 0.148. The molecule has 0 unspecified atom stereocenters. The van der Waals surface area contributed by atoms with Crippen molar-refractivity contribution in [3.05, 3.63) is 12.7 Å². The summed E-state index contributed by atoms with van der Waals surface area (Å²) < 4.78 is 50.5. The lowest BCUT2D eigenvalue weighted by atomic mass is 9.96. The number of unbranched alkanes of at least 4 members (excludes halogenated alkanes) is 2. The predicted octanol–water partition coefficient (Wildman–Crippen LogP) is -0.163. The highest BCUT2D eigenvalue weighted by Crippen LogP contribution is 2.34. The molecule has 10 atom stereocenters. The van der Waals surface area contributed by atoms with Crippen molar-refractivity contribution in [2.24, 2.45) is 0 Å². The van der Waals surface area contributed by atoms with Crippen LogP contribution in [0.4, 0.5) is 0 Å². The average molecular weight is 635 g/mol. The summed E-state index contributed by atoms with van der Waals surface area (Å²) in [5.74, 6) is -4.00. The summed E-state index contributed by atoms with van der Waals surface area (Å²) in [5.41, 5.74) is 0. The summed E-state index contributed by atoms with van der Waals surface area (Å²) >= 11 is 0. The summed E-state index contributed by atoms with van der Waals surface area (Å²) in [4.78, 5) is 60.1. The van der Waals surface area contributed by atoms with E-state index in [4.69, 9.17) is 42.6 Å². The molecular weight excluding hydrogens is 592 g/mol. The average Bonchev–Trinajstić information content (AvgIpc) is 2.92. The topological polar surface area (TPSA) is 209 Å². The van der Waals surface area contributed by atoms with Crippen molar-refractivity contribution >= 4 is 29.8 Å². The normalized spacial score (nSPS) is 31.7. The van der Waals surface area contributed by atoms with E-state index in [1.807, 2.05) is 0 Å². The summed E-state index contributed by atoms with van der Waals surface area (Å²) in [6.45, 7) is 8.04. The van der Waals surface area contributed by atoms with E-state index in [0.29, 0.717) is 6.42 Å². The van der Waals surface area contributed by atoms with Crippen molar-refractivity contribution in [2.75, 3.05) is 19.8 Å². The van der Waals surface area contributed by atoms with Crippen molar-refractivity contribution in [3.8, 4) is 0 Å². The summed E-state index contributed by atoms with van der Waals surface area (Å²) in [5, 5.41) is 20.6. The van der Waals surface area contributed by atoms with Gasteiger partial charge in [-0.3, -0.25) is 24.0 Å². The van der Waals surface area contributed by atoms with Gasteiger partial charge >= 0.3 is 29.8 Å². The van der Waals surface area contributed by atoms with Gasteiger partial charge in [0.05, 0.1) is 6.61 Å². The maximum Gasteiger partial charge on any atom is 0.303 e. The van der Waals surface area contributed by atoms with Crippen molar-refractivity contribution in [3.63, 3.8) is 0 Å². The van der Waals surface area contributed by atoms with Crippen LogP contribution in [-0.4, -0.2) is 121 Å². The molecule has 0 aromatic heterocycles. The highest BCUT2D eigenvalue weighted by Gasteiger charge is 2.56. The van der Waals surface area contributed by atoms with Gasteiger partial charge in [0.1, 0.15) is 31.0 Å². The Bertz CT molecular complexity index is 1000. The SMILES string of the molecule is C=CCCCCO[C@@H]1O[C@H](COC(C)=O)[C@@H](O[C@@H]2O[C@H](CO)[C@H](O)[C@H](OC(C)=O)[C@H]2OC(C)=O)[C@H](OC(C)=O)[C@H]1OC(C)=O. The highest BCUT2D eigenvalue weighted by molar-refractivity contribution is 5.68. The van der Waals surface area contributed by atoms with Crippen LogP contribution in [0.5, 0.6) is 0 Å². The van der Waals surface area contributed by atoms with E-state index in [1.54, 1.807) is 6.08 Å². The van der Waals surface area contributed by atoms with Crippen molar-refractivity contribution in [2.45, 2.75) is 115 Å². The number of aliphatic hydroxyl groups is 2. The molecule has 2 fully saturated rings. The van der Waals surface area contributed by atoms with E-state index in [0.717, 1.165) is 47.5 Å². The number of rotatable bonds is 15. The van der Waals surface area contributed by atoms with E-state index in [2.05, 4.69) is 6.58 Å². The zero-order valence-electron chi connectivity index (χ0n) is 25.4. The minimum atomic E-state index is -1.69. The Morgan fingerprint density at radius 3 is 1.75 bits per heavy atom. The third-order valence-electron chi connectivity index (χ3n) is 6.42. The molecule has 250 valence electrons. The molecule has 2 N–H and O–H groups in total. The maximum atomic E-state index is 12.3. The molecule has 0 aromatic carbocycles. The third-order valence-corrected chi connectivity index (χ3v) is 6.42. The summed E-state index contributed by atoms with van der Waals surface area (Å²) in [7, 11) is 0. The molecule has 0 aromatic rings. The molecule has 16 nitrogen and oxygen atoms in total. The Hall–Kier alpha value is -3.15. The zero-order valence-corrected chi connectivity index (χ0v) is 25.4. The first-order valence-electron chi connectivity index (χ1n) is 14.1. The Balaban J connectivity index is 2.55. The summed E-state index contributed by atoms with van der Waals surface area (Å²) in [6, 6.07) is 0. The lowest BCUT2D eigenvalue weighted by Crippen LogP contribution is -2.66. The molecule has 16 heteroatoms. The van der Waals surface area contributed by atoms with Crippen LogP contribution in [0, 0.1) is 0 Å². The highest BCUT2D eigenvalue weighted by atomic mass is 16.8. The molecule has 2 rings (SSSR count). The van der Waals surface area contributed by atoms with Gasteiger partial charge in [-0.25, -0.2) is 0 Å². The Labute approximate surface area is 254 Å². The fourth-order valence-corrected chi connectivity index (χ4v) is 4.69. The van der Waals surface area contributed by atoms with Gasteiger partial charge in [-0.15, -0.1) is 6.58 Å². The van der Waals surface area contributed by atoms with Gasteiger partial charge in [0.15, 0.2) is 37.0 Å². The Kier molecular flexibility index (Phi) is 15.1. The molecule has 2 aliphatic rings. The largest absolute Gasteiger partial charge is 0.463 e. The number of esters is 5. The second-order valence-electron chi connectivity index (χ2n) is 10.1. The molecule has 0 aliphatic carbocycles. The first-order chi connectivity index (χ1) is 20.8. The molecule has 0 bridgehead atoms. The monoisotopic (exact) mass is 634 g/mol. The quantitative estimate of drug-likeness (QED) is 0.104. The van der Waals surface area contributed by atoms with Gasteiger partial charge in [-0.1, -0.05) is 6.08 Å².